The first-order valence-electron chi connectivity index (χ1n) is 11.3. The van der Waals surface area contributed by atoms with Crippen molar-refractivity contribution >= 4 is 10.9 Å². The van der Waals surface area contributed by atoms with Crippen LogP contribution in [0.5, 0.6) is 0 Å². The second-order valence-corrected chi connectivity index (χ2v) is 8.16. The second kappa shape index (κ2) is 9.47. The summed E-state index contributed by atoms with van der Waals surface area (Å²) in [5.74, 6) is 0.732. The van der Waals surface area contributed by atoms with Crippen molar-refractivity contribution in [2.75, 3.05) is 32.8 Å². The van der Waals surface area contributed by atoms with Gasteiger partial charge in [-0.1, -0.05) is 66.7 Å². The lowest BCUT2D eigenvalue weighted by Gasteiger charge is -2.26. The molecule has 0 unspecified atom stereocenters. The fourth-order valence-corrected chi connectivity index (χ4v) is 4.32. The molecule has 0 spiro atoms. The maximum atomic E-state index is 13.4. The number of ether oxygens (including phenoxy) is 1. The van der Waals surface area contributed by atoms with Crippen molar-refractivity contribution in [2.45, 2.75) is 13.0 Å². The molecule has 1 aliphatic rings. The van der Waals surface area contributed by atoms with Gasteiger partial charge in [0.25, 0.3) is 5.56 Å². The molecule has 4 aromatic rings. The Hall–Kier alpha value is -3.28. The van der Waals surface area contributed by atoms with Gasteiger partial charge in [0.15, 0.2) is 0 Å². The maximum Gasteiger partial charge on any atom is 0.261 e. The highest BCUT2D eigenvalue weighted by atomic mass is 16.5. The van der Waals surface area contributed by atoms with Crippen molar-refractivity contribution in [2.24, 2.45) is 0 Å². The summed E-state index contributed by atoms with van der Waals surface area (Å²) in [4.78, 5) is 20.7. The number of fused-ring (bicyclic) bond motifs is 1. The Morgan fingerprint density at radius 3 is 2.19 bits per heavy atom. The quantitative estimate of drug-likeness (QED) is 0.458. The molecule has 5 nitrogen and oxygen atoms in total. The molecular weight excluding hydrogens is 398 g/mol. The average molecular weight is 426 g/mol. The first-order chi connectivity index (χ1) is 15.8. The Balaban J connectivity index is 1.48. The molecule has 0 atom stereocenters. The molecule has 5 rings (SSSR count). The van der Waals surface area contributed by atoms with Crippen molar-refractivity contribution in [1.82, 2.24) is 14.5 Å². The molecule has 0 N–H and O–H groups in total. The van der Waals surface area contributed by atoms with E-state index in [1.165, 1.54) is 5.56 Å². The number of morpholine rings is 1. The SMILES string of the molecule is O=c1c2ccccc2nc(-c2ccc(-c3ccccc3)cc2)n1CCCN1CCOCC1. The Morgan fingerprint density at radius 1 is 0.750 bits per heavy atom. The van der Waals surface area contributed by atoms with Crippen LogP contribution in [0.3, 0.4) is 0 Å². The lowest BCUT2D eigenvalue weighted by molar-refractivity contribution is 0.0369. The molecule has 162 valence electrons. The number of hydrogen-bond donors (Lipinski definition) is 0. The Kier molecular flexibility index (Phi) is 6.10. The number of rotatable bonds is 6. The van der Waals surface area contributed by atoms with Crippen molar-refractivity contribution in [3.8, 4) is 22.5 Å². The highest BCUT2D eigenvalue weighted by Gasteiger charge is 2.14. The Morgan fingerprint density at radius 2 is 1.41 bits per heavy atom. The van der Waals surface area contributed by atoms with Gasteiger partial charge in [-0.3, -0.25) is 14.3 Å². The smallest absolute Gasteiger partial charge is 0.261 e. The normalized spacial score (nSPS) is 14.6. The third kappa shape index (κ3) is 4.35. The Labute approximate surface area is 187 Å². The molecule has 0 radical (unpaired) electrons. The van der Waals surface area contributed by atoms with Gasteiger partial charge in [0.1, 0.15) is 5.82 Å². The van der Waals surface area contributed by atoms with Crippen LogP contribution in [0.15, 0.2) is 83.7 Å². The lowest BCUT2D eigenvalue weighted by Crippen LogP contribution is -2.37. The highest BCUT2D eigenvalue weighted by molar-refractivity contribution is 5.80. The van der Waals surface area contributed by atoms with Gasteiger partial charge in [-0.2, -0.15) is 0 Å². The van der Waals surface area contributed by atoms with Gasteiger partial charge < -0.3 is 4.74 Å². The number of nitrogens with zero attached hydrogens (tertiary/aromatic N) is 3. The summed E-state index contributed by atoms with van der Waals surface area (Å²) < 4.78 is 7.29. The van der Waals surface area contributed by atoms with Crippen LogP contribution >= 0.6 is 0 Å². The standard InChI is InChI=1S/C27H27N3O2/c31-27-24-9-4-5-10-25(24)28-26(30(27)16-6-15-29-17-19-32-20-18-29)23-13-11-22(12-14-23)21-7-2-1-3-8-21/h1-5,7-14H,6,15-20H2. The molecule has 1 aromatic heterocycles. The summed E-state index contributed by atoms with van der Waals surface area (Å²) >= 11 is 0. The highest BCUT2D eigenvalue weighted by Crippen LogP contribution is 2.24. The predicted molar refractivity (Wildman–Crippen MR) is 129 cm³/mol. The van der Waals surface area contributed by atoms with Crippen LogP contribution in [0.25, 0.3) is 33.4 Å². The van der Waals surface area contributed by atoms with E-state index in [1.807, 2.05) is 47.0 Å². The van der Waals surface area contributed by atoms with Gasteiger partial charge in [0.05, 0.1) is 24.1 Å². The topological polar surface area (TPSA) is 47.4 Å². The van der Waals surface area contributed by atoms with E-state index < -0.39 is 0 Å². The summed E-state index contributed by atoms with van der Waals surface area (Å²) in [6, 6.07) is 26.3. The van der Waals surface area contributed by atoms with Crippen molar-refractivity contribution < 1.29 is 4.74 Å². The fourth-order valence-electron chi connectivity index (χ4n) is 4.32. The minimum Gasteiger partial charge on any atom is -0.379 e. The number of hydrogen-bond acceptors (Lipinski definition) is 4. The maximum absolute atomic E-state index is 13.4. The van der Waals surface area contributed by atoms with E-state index in [1.54, 1.807) is 0 Å². The second-order valence-electron chi connectivity index (χ2n) is 8.16. The van der Waals surface area contributed by atoms with Crippen molar-refractivity contribution in [3.05, 3.63) is 89.2 Å². The van der Waals surface area contributed by atoms with Gasteiger partial charge in [0, 0.05) is 31.7 Å². The third-order valence-electron chi connectivity index (χ3n) is 6.07. The molecule has 5 heteroatoms. The molecule has 0 bridgehead atoms. The summed E-state index contributed by atoms with van der Waals surface area (Å²) in [5, 5.41) is 0.670. The van der Waals surface area contributed by atoms with E-state index in [2.05, 4.69) is 41.3 Å². The van der Waals surface area contributed by atoms with E-state index in [0.29, 0.717) is 11.9 Å². The van der Waals surface area contributed by atoms with Crippen LogP contribution in [0.2, 0.25) is 0 Å². The monoisotopic (exact) mass is 425 g/mol. The summed E-state index contributed by atoms with van der Waals surface area (Å²) in [6.07, 6.45) is 0.898. The number of aromatic nitrogens is 2. The van der Waals surface area contributed by atoms with Crippen LogP contribution in [-0.4, -0.2) is 47.3 Å². The van der Waals surface area contributed by atoms with Gasteiger partial charge >= 0.3 is 0 Å². The van der Waals surface area contributed by atoms with Gasteiger partial charge in [-0.25, -0.2) is 4.98 Å². The van der Waals surface area contributed by atoms with Crippen LogP contribution in [-0.2, 0) is 11.3 Å². The van der Waals surface area contributed by atoms with Crippen molar-refractivity contribution in [1.29, 1.82) is 0 Å². The third-order valence-corrected chi connectivity index (χ3v) is 6.07. The molecule has 0 saturated carbocycles. The molecule has 0 amide bonds. The Bertz CT molecular complexity index is 1240. The number of benzene rings is 3. The van der Waals surface area contributed by atoms with E-state index >= 15 is 0 Å². The number of para-hydroxylation sites is 1. The fraction of sp³-hybridized carbons (Fsp3) is 0.259. The molecule has 2 heterocycles. The molecule has 3 aromatic carbocycles. The largest absolute Gasteiger partial charge is 0.379 e. The minimum atomic E-state index is 0.0275. The van der Waals surface area contributed by atoms with Gasteiger partial charge in [-0.05, 0) is 29.7 Å². The van der Waals surface area contributed by atoms with Gasteiger partial charge in [0.2, 0.25) is 0 Å². The van der Waals surface area contributed by atoms with E-state index in [9.17, 15) is 4.79 Å². The molecule has 32 heavy (non-hydrogen) atoms. The molecule has 1 saturated heterocycles. The zero-order chi connectivity index (χ0) is 21.8. The zero-order valence-electron chi connectivity index (χ0n) is 18.1. The zero-order valence-corrected chi connectivity index (χ0v) is 18.1. The van der Waals surface area contributed by atoms with Crippen molar-refractivity contribution in [3.63, 3.8) is 0 Å². The molecule has 1 aliphatic heterocycles. The average Bonchev–Trinajstić information content (AvgIpc) is 2.86. The van der Waals surface area contributed by atoms with E-state index in [-0.39, 0.29) is 5.56 Å². The minimum absolute atomic E-state index is 0.0275. The molecular formula is C27H27N3O2. The lowest BCUT2D eigenvalue weighted by atomic mass is 10.0. The summed E-state index contributed by atoms with van der Waals surface area (Å²) in [7, 11) is 0. The van der Waals surface area contributed by atoms with Crippen LogP contribution in [0.1, 0.15) is 6.42 Å². The summed E-state index contributed by atoms with van der Waals surface area (Å²) in [5.41, 5.74) is 4.05. The first kappa shape index (κ1) is 20.6. The van der Waals surface area contributed by atoms with Crippen LogP contribution < -0.4 is 5.56 Å². The van der Waals surface area contributed by atoms with Gasteiger partial charge in [-0.15, -0.1) is 0 Å². The van der Waals surface area contributed by atoms with E-state index in [4.69, 9.17) is 9.72 Å². The molecule has 1 fully saturated rings. The van der Waals surface area contributed by atoms with E-state index in [0.717, 1.165) is 61.7 Å². The summed E-state index contributed by atoms with van der Waals surface area (Å²) in [6.45, 7) is 5.09. The molecule has 0 aliphatic carbocycles. The van der Waals surface area contributed by atoms with Crippen LogP contribution in [0, 0.1) is 0 Å². The first-order valence-corrected chi connectivity index (χ1v) is 11.3. The van der Waals surface area contributed by atoms with Crippen LogP contribution in [0.4, 0.5) is 0 Å². The predicted octanol–water partition coefficient (Wildman–Crippen LogP) is 4.45.